The molecule has 0 spiro atoms. The topological polar surface area (TPSA) is 78.3 Å². The Morgan fingerprint density at radius 2 is 1.95 bits per heavy atom. The molecule has 13 heteroatoms. The molecule has 0 unspecified atom stereocenters. The van der Waals surface area contributed by atoms with Gasteiger partial charge in [0.25, 0.3) is 6.43 Å². The van der Waals surface area contributed by atoms with Crippen LogP contribution >= 0.6 is 11.3 Å². The lowest BCUT2D eigenvalue weighted by atomic mass is 10.1. The van der Waals surface area contributed by atoms with Gasteiger partial charge in [0.05, 0.1) is 11.1 Å². The molecule has 7 nitrogen and oxygen atoms in total. The Kier molecular flexibility index (Phi) is 5.33. The van der Waals surface area contributed by atoms with Crippen LogP contribution in [0.5, 0.6) is 5.75 Å². The van der Waals surface area contributed by atoms with Gasteiger partial charge >= 0.3 is 6.18 Å². The summed E-state index contributed by atoms with van der Waals surface area (Å²) in [7, 11) is 0. The lowest BCUT2D eigenvalue weighted by molar-refractivity contribution is -0.137. The largest absolute Gasteiger partial charge is 0.486 e. The van der Waals surface area contributed by atoms with Gasteiger partial charge in [0.2, 0.25) is 5.82 Å². The summed E-state index contributed by atoms with van der Waals surface area (Å²) in [5, 5.41) is 5.08. The van der Waals surface area contributed by atoms with E-state index in [1.807, 2.05) is 0 Å². The van der Waals surface area contributed by atoms with E-state index >= 15 is 0 Å². The van der Waals surface area contributed by atoms with Crippen molar-refractivity contribution in [3.8, 4) is 17.3 Å². The molecular formula is C24H14F5N5O2S. The molecule has 0 aliphatic carbocycles. The molecule has 0 radical (unpaired) electrons. The fraction of sp³-hybridized carbons (Fsp3) is 0.167. The first-order valence-corrected chi connectivity index (χ1v) is 11.6. The minimum atomic E-state index is -4.47. The Morgan fingerprint density at radius 3 is 2.73 bits per heavy atom. The van der Waals surface area contributed by atoms with Crippen LogP contribution in [0.1, 0.15) is 29.0 Å². The number of hydrogen-bond acceptors (Lipinski definition) is 7. The van der Waals surface area contributed by atoms with Gasteiger partial charge in [-0.1, -0.05) is 6.07 Å². The van der Waals surface area contributed by atoms with Gasteiger partial charge in [0, 0.05) is 5.39 Å². The minimum absolute atomic E-state index is 0.0516. The Labute approximate surface area is 208 Å². The van der Waals surface area contributed by atoms with Crippen molar-refractivity contribution in [1.29, 1.82) is 0 Å². The van der Waals surface area contributed by atoms with Crippen LogP contribution in [-0.4, -0.2) is 24.6 Å². The first kappa shape index (κ1) is 23.3. The van der Waals surface area contributed by atoms with Crippen LogP contribution < -0.4 is 4.74 Å². The van der Waals surface area contributed by atoms with Gasteiger partial charge in [-0.25, -0.2) is 28.2 Å². The highest BCUT2D eigenvalue weighted by atomic mass is 32.1. The number of aromatic nitrogens is 5. The Balaban J connectivity index is 1.31. The van der Waals surface area contributed by atoms with Crippen LogP contribution in [0.3, 0.4) is 0 Å². The van der Waals surface area contributed by atoms with Crippen LogP contribution in [-0.2, 0) is 12.8 Å². The molecule has 0 aliphatic rings. The summed E-state index contributed by atoms with van der Waals surface area (Å²) in [4.78, 5) is 13.5. The molecule has 6 aromatic rings. The molecule has 5 aromatic heterocycles. The summed E-state index contributed by atoms with van der Waals surface area (Å²) >= 11 is 1.20. The highest BCUT2D eigenvalue weighted by molar-refractivity contribution is 7.26. The van der Waals surface area contributed by atoms with E-state index in [1.165, 1.54) is 40.4 Å². The summed E-state index contributed by atoms with van der Waals surface area (Å²) in [6, 6.07) is 9.15. The van der Waals surface area contributed by atoms with Crippen LogP contribution in [0.4, 0.5) is 22.0 Å². The normalized spacial score (nSPS) is 12.4. The molecule has 37 heavy (non-hydrogen) atoms. The zero-order valence-corrected chi connectivity index (χ0v) is 19.6. The third-order valence-corrected chi connectivity index (χ3v) is 6.70. The zero-order valence-electron chi connectivity index (χ0n) is 18.8. The maximum absolute atomic E-state index is 13.2. The standard InChI is InChI=1S/C24H14F5N5O2S/c1-11-7-15(20(25)26)31-23-17(11)18-19(37-23)22-32-21(33-34(22)10-30-18)16-6-5-14(36-16)9-35-13-4-2-3-12(8-13)24(27,28)29/h2-8,10,20H,9H2,1H3. The fourth-order valence-corrected chi connectivity index (χ4v) is 5.13. The van der Waals surface area contributed by atoms with E-state index in [0.29, 0.717) is 43.2 Å². The molecule has 6 rings (SSSR count). The van der Waals surface area contributed by atoms with E-state index < -0.39 is 18.2 Å². The lowest BCUT2D eigenvalue weighted by Gasteiger charge is -2.09. The Bertz CT molecular complexity index is 1790. The number of fused-ring (bicyclic) bond motifs is 5. The van der Waals surface area contributed by atoms with Crippen molar-refractivity contribution in [2.75, 3.05) is 0 Å². The predicted molar refractivity (Wildman–Crippen MR) is 125 cm³/mol. The number of ether oxygens (including phenoxy) is 1. The Morgan fingerprint density at radius 1 is 1.11 bits per heavy atom. The maximum Gasteiger partial charge on any atom is 0.416 e. The maximum atomic E-state index is 13.2. The van der Waals surface area contributed by atoms with Crippen molar-refractivity contribution in [3.05, 3.63) is 71.4 Å². The smallest absolute Gasteiger partial charge is 0.416 e. The average molecular weight is 531 g/mol. The van der Waals surface area contributed by atoms with Crippen molar-refractivity contribution < 1.29 is 31.1 Å². The summed E-state index contributed by atoms with van der Waals surface area (Å²) < 4.78 is 78.5. The summed E-state index contributed by atoms with van der Waals surface area (Å²) in [5.41, 5.74) is 0.576. The van der Waals surface area contributed by atoms with Gasteiger partial charge in [-0.2, -0.15) is 13.2 Å². The van der Waals surface area contributed by atoms with Gasteiger partial charge in [0.15, 0.2) is 11.4 Å². The van der Waals surface area contributed by atoms with E-state index in [2.05, 4.69) is 20.1 Å². The number of alkyl halides is 5. The highest BCUT2D eigenvalue weighted by Gasteiger charge is 2.30. The molecule has 0 aliphatic heterocycles. The predicted octanol–water partition coefficient (Wildman–Crippen LogP) is 6.99. The average Bonchev–Trinajstić information content (AvgIpc) is 3.58. The number of nitrogens with zero attached hydrogens (tertiary/aromatic N) is 5. The molecule has 0 amide bonds. The SMILES string of the molecule is Cc1cc(C(F)F)nc2sc3c(ncn4nc(-c5ccc(COc6cccc(C(F)(F)F)c6)o5)nc34)c12. The Hall–Kier alpha value is -4.13. The van der Waals surface area contributed by atoms with E-state index in [9.17, 15) is 22.0 Å². The minimum Gasteiger partial charge on any atom is -0.486 e. The second-order valence-electron chi connectivity index (χ2n) is 8.15. The number of halogens is 5. The number of thiophene rings is 1. The fourth-order valence-electron chi connectivity index (χ4n) is 3.94. The summed E-state index contributed by atoms with van der Waals surface area (Å²) in [5.74, 6) is 0.969. The van der Waals surface area contributed by atoms with Crippen molar-refractivity contribution in [2.45, 2.75) is 26.1 Å². The van der Waals surface area contributed by atoms with Gasteiger partial charge in [-0.3, -0.25) is 0 Å². The van der Waals surface area contributed by atoms with Crippen molar-refractivity contribution >= 4 is 37.4 Å². The number of furan rings is 1. The van der Waals surface area contributed by atoms with Crippen LogP contribution in [0, 0.1) is 6.92 Å². The van der Waals surface area contributed by atoms with Crippen molar-refractivity contribution in [2.24, 2.45) is 0 Å². The number of hydrogen-bond donors (Lipinski definition) is 0. The molecule has 5 heterocycles. The zero-order chi connectivity index (χ0) is 25.9. The number of aryl methyl sites for hydroxylation is 1. The van der Waals surface area contributed by atoms with Gasteiger partial charge in [0.1, 0.15) is 39.7 Å². The molecule has 0 N–H and O–H groups in total. The molecule has 0 fully saturated rings. The first-order chi connectivity index (χ1) is 17.7. The molecule has 0 atom stereocenters. The number of benzene rings is 1. The molecule has 0 saturated heterocycles. The van der Waals surface area contributed by atoms with Gasteiger partial charge < -0.3 is 9.15 Å². The molecule has 1 aromatic carbocycles. The van der Waals surface area contributed by atoms with Gasteiger partial charge in [-0.05, 0) is 48.9 Å². The van der Waals surface area contributed by atoms with Crippen molar-refractivity contribution in [3.63, 3.8) is 0 Å². The van der Waals surface area contributed by atoms with Crippen LogP contribution in [0.25, 0.3) is 37.7 Å². The first-order valence-electron chi connectivity index (χ1n) is 10.8. The molecular weight excluding hydrogens is 517 g/mol. The van der Waals surface area contributed by atoms with Crippen molar-refractivity contribution in [1.82, 2.24) is 24.6 Å². The monoisotopic (exact) mass is 531 g/mol. The third-order valence-electron chi connectivity index (χ3n) is 5.63. The van der Waals surface area contributed by atoms with E-state index in [1.54, 1.807) is 19.1 Å². The number of rotatable bonds is 5. The van der Waals surface area contributed by atoms with Crippen LogP contribution in [0.2, 0.25) is 0 Å². The molecule has 0 saturated carbocycles. The summed E-state index contributed by atoms with van der Waals surface area (Å²) in [6.07, 6.45) is -5.69. The molecule has 0 bridgehead atoms. The second-order valence-corrected chi connectivity index (χ2v) is 9.15. The second kappa shape index (κ2) is 8.47. The van der Waals surface area contributed by atoms with E-state index in [4.69, 9.17) is 9.15 Å². The van der Waals surface area contributed by atoms with E-state index in [0.717, 1.165) is 12.1 Å². The lowest BCUT2D eigenvalue weighted by Crippen LogP contribution is -2.05. The third kappa shape index (κ3) is 4.14. The quantitative estimate of drug-likeness (QED) is 0.223. The number of pyridine rings is 1. The van der Waals surface area contributed by atoms with Crippen LogP contribution in [0.15, 0.2) is 53.2 Å². The summed E-state index contributed by atoms with van der Waals surface area (Å²) in [6.45, 7) is 1.63. The van der Waals surface area contributed by atoms with Gasteiger partial charge in [-0.15, -0.1) is 16.4 Å². The molecule has 188 valence electrons. The van der Waals surface area contributed by atoms with E-state index in [-0.39, 0.29) is 23.9 Å². The highest BCUT2D eigenvalue weighted by Crippen LogP contribution is 2.37.